The second kappa shape index (κ2) is 9.38. The number of hydrogen-bond acceptors (Lipinski definition) is 9. The van der Waals surface area contributed by atoms with Gasteiger partial charge in [-0.05, 0) is 18.2 Å². The number of thiazole rings is 1. The number of non-ortho nitro benzene ring substituents is 1. The number of fused-ring (bicyclic) bond motifs is 1. The molecule has 36 heavy (non-hydrogen) atoms. The van der Waals surface area contributed by atoms with Crippen molar-refractivity contribution in [3.63, 3.8) is 0 Å². The predicted octanol–water partition coefficient (Wildman–Crippen LogP) is 5.02. The molecule has 0 spiro atoms. The Labute approximate surface area is 205 Å². The summed E-state index contributed by atoms with van der Waals surface area (Å²) in [5.74, 6) is 0.0202. The van der Waals surface area contributed by atoms with Crippen molar-refractivity contribution >= 4 is 34.6 Å². The molecule has 0 atom stereocenters. The number of nitrogens with zero attached hydrogens (tertiary/aromatic N) is 5. The minimum absolute atomic E-state index is 0.0583. The number of para-hydroxylation sites is 1. The van der Waals surface area contributed by atoms with Gasteiger partial charge in [0.05, 0.1) is 33.4 Å². The monoisotopic (exact) mass is 507 g/mol. The normalized spacial score (nSPS) is 12.9. The van der Waals surface area contributed by atoms with Gasteiger partial charge in [0.15, 0.2) is 11.5 Å². The SMILES string of the molecule is O=[N+]([O-])c1cccc(-c2csc(=Nc3ccccc3F)n2N=Cc2cc3c(cc2[N+](=O)[O-])OCO3)c1. The number of nitro benzene ring substituents is 2. The lowest BCUT2D eigenvalue weighted by molar-refractivity contribution is -0.385. The summed E-state index contributed by atoms with van der Waals surface area (Å²) in [7, 11) is 0. The van der Waals surface area contributed by atoms with Crippen LogP contribution in [0.25, 0.3) is 11.3 Å². The van der Waals surface area contributed by atoms with Gasteiger partial charge in [-0.15, -0.1) is 11.3 Å². The van der Waals surface area contributed by atoms with Crippen LogP contribution in [-0.4, -0.2) is 27.5 Å². The highest BCUT2D eigenvalue weighted by atomic mass is 32.1. The van der Waals surface area contributed by atoms with Crippen LogP contribution in [0.3, 0.4) is 0 Å². The molecule has 0 saturated heterocycles. The molecule has 3 aromatic carbocycles. The van der Waals surface area contributed by atoms with E-state index in [1.165, 1.54) is 59.4 Å². The quantitative estimate of drug-likeness (QED) is 0.204. The summed E-state index contributed by atoms with van der Waals surface area (Å²) < 4.78 is 26.2. The molecule has 180 valence electrons. The summed E-state index contributed by atoms with van der Waals surface area (Å²) >= 11 is 1.12. The highest BCUT2D eigenvalue weighted by Crippen LogP contribution is 2.37. The number of hydrogen-bond donors (Lipinski definition) is 0. The number of nitro groups is 2. The molecule has 1 aromatic heterocycles. The highest BCUT2D eigenvalue weighted by molar-refractivity contribution is 7.07. The maximum atomic E-state index is 14.3. The molecule has 0 aliphatic carbocycles. The largest absolute Gasteiger partial charge is 0.454 e. The molecule has 0 radical (unpaired) electrons. The standard InChI is InChI=1S/C23H14FN5O6S/c24-17-6-1-2-7-18(17)26-23-27(20(12-36-23)14-4-3-5-16(8-14)28(30)31)25-11-15-9-21-22(35-13-34-21)10-19(15)29(32)33/h1-12H,13H2. The number of aromatic nitrogens is 1. The third kappa shape index (κ3) is 4.42. The van der Waals surface area contributed by atoms with E-state index in [-0.39, 0.29) is 40.0 Å². The molecular formula is C23H14FN5O6S. The third-order valence-electron chi connectivity index (χ3n) is 5.14. The predicted molar refractivity (Wildman–Crippen MR) is 128 cm³/mol. The molecule has 1 aliphatic heterocycles. The molecule has 0 unspecified atom stereocenters. The maximum absolute atomic E-state index is 14.3. The van der Waals surface area contributed by atoms with Crippen molar-refractivity contribution in [1.29, 1.82) is 0 Å². The zero-order valence-electron chi connectivity index (χ0n) is 18.1. The van der Waals surface area contributed by atoms with Gasteiger partial charge < -0.3 is 9.47 Å². The van der Waals surface area contributed by atoms with Crippen LogP contribution in [0.4, 0.5) is 21.5 Å². The van der Waals surface area contributed by atoms with E-state index in [1.54, 1.807) is 17.5 Å². The Bertz CT molecular complexity index is 1610. The Morgan fingerprint density at radius 2 is 1.78 bits per heavy atom. The van der Waals surface area contributed by atoms with Crippen LogP contribution in [0.2, 0.25) is 0 Å². The van der Waals surface area contributed by atoms with Crippen molar-refractivity contribution in [3.05, 3.63) is 102 Å². The molecule has 13 heteroatoms. The average Bonchev–Trinajstić information content (AvgIpc) is 3.49. The van der Waals surface area contributed by atoms with Gasteiger partial charge in [-0.1, -0.05) is 24.3 Å². The first kappa shape index (κ1) is 22.9. The topological polar surface area (TPSA) is 134 Å². The molecule has 0 N–H and O–H groups in total. The molecule has 11 nitrogen and oxygen atoms in total. The highest BCUT2D eigenvalue weighted by Gasteiger charge is 2.23. The Morgan fingerprint density at radius 3 is 2.53 bits per heavy atom. The van der Waals surface area contributed by atoms with E-state index in [4.69, 9.17) is 9.47 Å². The second-order valence-corrected chi connectivity index (χ2v) is 8.19. The summed E-state index contributed by atoms with van der Waals surface area (Å²) in [4.78, 5) is 26.4. The van der Waals surface area contributed by atoms with Crippen LogP contribution in [0.5, 0.6) is 11.5 Å². The van der Waals surface area contributed by atoms with Gasteiger partial charge in [0, 0.05) is 23.1 Å². The van der Waals surface area contributed by atoms with Crippen molar-refractivity contribution in [3.8, 4) is 22.8 Å². The molecule has 2 heterocycles. The van der Waals surface area contributed by atoms with Gasteiger partial charge in [-0.2, -0.15) is 5.10 Å². The van der Waals surface area contributed by atoms with Crippen LogP contribution in [0.15, 0.2) is 76.1 Å². The fourth-order valence-electron chi connectivity index (χ4n) is 3.44. The molecule has 5 rings (SSSR count). The maximum Gasteiger partial charge on any atom is 0.282 e. The van der Waals surface area contributed by atoms with Gasteiger partial charge in [0.25, 0.3) is 11.4 Å². The molecule has 4 aromatic rings. The number of halogens is 1. The third-order valence-corrected chi connectivity index (χ3v) is 5.95. The summed E-state index contributed by atoms with van der Waals surface area (Å²) in [6, 6.07) is 14.5. The number of rotatable bonds is 6. The van der Waals surface area contributed by atoms with Crippen molar-refractivity contribution in [2.45, 2.75) is 0 Å². The smallest absolute Gasteiger partial charge is 0.282 e. The van der Waals surface area contributed by atoms with Crippen LogP contribution in [0, 0.1) is 26.0 Å². The lowest BCUT2D eigenvalue weighted by atomic mass is 10.1. The van der Waals surface area contributed by atoms with E-state index in [0.717, 1.165) is 11.3 Å². The van der Waals surface area contributed by atoms with Gasteiger partial charge in [0.2, 0.25) is 11.6 Å². The molecule has 1 aliphatic rings. The Morgan fingerprint density at radius 1 is 1.00 bits per heavy atom. The lowest BCUT2D eigenvalue weighted by Crippen LogP contribution is -2.12. The first-order chi connectivity index (χ1) is 17.4. The van der Waals surface area contributed by atoms with Crippen molar-refractivity contribution in [2.75, 3.05) is 6.79 Å². The van der Waals surface area contributed by atoms with Crippen LogP contribution >= 0.6 is 11.3 Å². The van der Waals surface area contributed by atoms with E-state index >= 15 is 0 Å². The summed E-state index contributed by atoms with van der Waals surface area (Å²) in [6.45, 7) is -0.0605. The molecular weight excluding hydrogens is 493 g/mol. The van der Waals surface area contributed by atoms with Gasteiger partial charge >= 0.3 is 0 Å². The van der Waals surface area contributed by atoms with Gasteiger partial charge in [0.1, 0.15) is 11.5 Å². The molecule has 0 amide bonds. The summed E-state index contributed by atoms with van der Waals surface area (Å²) in [5.41, 5.74) is 0.662. The Kier molecular flexibility index (Phi) is 5.96. The fourth-order valence-corrected chi connectivity index (χ4v) is 4.29. The average molecular weight is 507 g/mol. The first-order valence-electron chi connectivity index (χ1n) is 10.3. The Hall–Kier alpha value is -4.91. The minimum Gasteiger partial charge on any atom is -0.454 e. The van der Waals surface area contributed by atoms with E-state index in [2.05, 4.69) is 10.1 Å². The van der Waals surface area contributed by atoms with Crippen molar-refractivity contribution < 1.29 is 23.7 Å². The molecule has 0 saturated carbocycles. The van der Waals surface area contributed by atoms with E-state index in [1.807, 2.05) is 0 Å². The lowest BCUT2D eigenvalue weighted by Gasteiger charge is -2.05. The van der Waals surface area contributed by atoms with Crippen molar-refractivity contribution in [1.82, 2.24) is 4.68 Å². The zero-order valence-corrected chi connectivity index (χ0v) is 18.9. The number of benzene rings is 3. The van der Waals surface area contributed by atoms with Crippen LogP contribution in [-0.2, 0) is 0 Å². The van der Waals surface area contributed by atoms with Crippen LogP contribution < -0.4 is 14.3 Å². The van der Waals surface area contributed by atoms with Crippen LogP contribution in [0.1, 0.15) is 5.56 Å². The van der Waals surface area contributed by atoms with E-state index in [9.17, 15) is 24.6 Å². The molecule has 0 fully saturated rings. The van der Waals surface area contributed by atoms with E-state index in [0.29, 0.717) is 17.0 Å². The zero-order chi connectivity index (χ0) is 25.2. The van der Waals surface area contributed by atoms with Gasteiger partial charge in [-0.25, -0.2) is 14.1 Å². The molecule has 0 bridgehead atoms. The number of ether oxygens (including phenoxy) is 2. The van der Waals surface area contributed by atoms with E-state index < -0.39 is 15.7 Å². The first-order valence-corrected chi connectivity index (χ1v) is 11.2. The van der Waals surface area contributed by atoms with Crippen molar-refractivity contribution in [2.24, 2.45) is 10.1 Å². The second-order valence-electron chi connectivity index (χ2n) is 7.35. The summed E-state index contributed by atoms with van der Waals surface area (Å²) in [6.07, 6.45) is 1.24. The Balaban J connectivity index is 1.68. The fraction of sp³-hybridized carbons (Fsp3) is 0.0435. The summed E-state index contributed by atoms with van der Waals surface area (Å²) in [5, 5.41) is 29.0. The minimum atomic E-state index is -0.576. The van der Waals surface area contributed by atoms with Gasteiger partial charge in [-0.3, -0.25) is 20.2 Å².